The summed E-state index contributed by atoms with van der Waals surface area (Å²) in [6.07, 6.45) is 1.89. The van der Waals surface area contributed by atoms with Crippen molar-refractivity contribution in [3.8, 4) is 0 Å². The molecule has 1 aromatic carbocycles. The molecule has 198 valence electrons. The van der Waals surface area contributed by atoms with E-state index in [1.807, 2.05) is 12.3 Å². The van der Waals surface area contributed by atoms with E-state index in [1.54, 1.807) is 19.2 Å². The van der Waals surface area contributed by atoms with E-state index in [1.165, 1.54) is 23.5 Å². The number of ether oxygens (including phenoxy) is 2. The number of carbonyl (C=O) groups is 2. The second-order valence-electron chi connectivity index (χ2n) is 8.67. The van der Waals surface area contributed by atoms with Crippen molar-refractivity contribution < 1.29 is 28.6 Å². The quantitative estimate of drug-likeness (QED) is 0.420. The molecule has 0 bridgehead atoms. The van der Waals surface area contributed by atoms with Gasteiger partial charge in [0.1, 0.15) is 11.9 Å². The number of aliphatic imine (C=N–C) groups is 1. The highest BCUT2D eigenvalue weighted by Gasteiger charge is 2.37. The first-order valence-corrected chi connectivity index (χ1v) is 13.6. The van der Waals surface area contributed by atoms with Gasteiger partial charge < -0.3 is 19.9 Å². The van der Waals surface area contributed by atoms with E-state index in [-0.39, 0.29) is 25.2 Å². The van der Waals surface area contributed by atoms with Gasteiger partial charge in [-0.05, 0) is 38.0 Å². The summed E-state index contributed by atoms with van der Waals surface area (Å²) < 4.78 is 25.7. The van der Waals surface area contributed by atoms with E-state index in [0.717, 1.165) is 0 Å². The molecule has 1 saturated heterocycles. The van der Waals surface area contributed by atoms with Crippen LogP contribution in [0, 0.1) is 5.82 Å². The molecule has 0 radical (unpaired) electrons. The molecule has 2 aliphatic heterocycles. The van der Waals surface area contributed by atoms with Gasteiger partial charge in [0.05, 0.1) is 24.9 Å². The number of hydrogen-bond acceptors (Lipinski definition) is 9. The number of halogens is 2. The fourth-order valence-electron chi connectivity index (χ4n) is 4.58. The fraction of sp³-hybridized carbons (Fsp3) is 0.440. The minimum Gasteiger partial charge on any atom is -0.481 e. The van der Waals surface area contributed by atoms with E-state index < -0.39 is 23.8 Å². The molecule has 0 amide bonds. The molecule has 0 saturated carbocycles. The van der Waals surface area contributed by atoms with Crippen LogP contribution in [0.15, 0.2) is 50.5 Å². The zero-order valence-electron chi connectivity index (χ0n) is 20.4. The van der Waals surface area contributed by atoms with Crippen molar-refractivity contribution in [3.05, 3.63) is 61.9 Å². The third-order valence-electron chi connectivity index (χ3n) is 6.30. The predicted molar refractivity (Wildman–Crippen MR) is 140 cm³/mol. The highest BCUT2D eigenvalue weighted by molar-refractivity contribution is 9.10. The number of carboxylic acid groups (broad SMARTS) is 1. The third kappa shape index (κ3) is 6.43. The molecule has 2 aromatic rings. The van der Waals surface area contributed by atoms with Gasteiger partial charge in [0.25, 0.3) is 0 Å². The van der Waals surface area contributed by atoms with Gasteiger partial charge in [-0.1, -0.05) is 22.0 Å². The number of aliphatic carboxylic acids is 1. The summed E-state index contributed by atoms with van der Waals surface area (Å²) in [5.41, 5.74) is 1.50. The number of thiazole rings is 1. The molecule has 9 nitrogen and oxygen atoms in total. The zero-order valence-corrected chi connectivity index (χ0v) is 22.8. The number of amidine groups is 1. The van der Waals surface area contributed by atoms with Gasteiger partial charge in [-0.2, -0.15) is 0 Å². The number of carboxylic acids is 1. The Labute approximate surface area is 226 Å². The van der Waals surface area contributed by atoms with Crippen LogP contribution in [0.4, 0.5) is 4.39 Å². The van der Waals surface area contributed by atoms with Gasteiger partial charge in [0.15, 0.2) is 10.8 Å². The maximum Gasteiger partial charge on any atom is 0.338 e. The highest BCUT2D eigenvalue weighted by atomic mass is 79.9. The SMILES string of the molecule is CCOC(=O)C1=C(CN2CCO[C@@H](C)[C@@H]2CCC(=O)O)NC(c2nccs2)=NC1c1ccc(F)cc1Br. The lowest BCUT2D eigenvalue weighted by Crippen LogP contribution is -2.52. The number of benzene rings is 1. The zero-order chi connectivity index (χ0) is 26.5. The molecule has 1 fully saturated rings. The van der Waals surface area contributed by atoms with Crippen molar-refractivity contribution in [2.45, 2.75) is 44.9 Å². The van der Waals surface area contributed by atoms with Crippen LogP contribution in [0.3, 0.4) is 0 Å². The van der Waals surface area contributed by atoms with Crippen LogP contribution in [-0.2, 0) is 19.1 Å². The van der Waals surface area contributed by atoms with Crippen molar-refractivity contribution in [2.75, 3.05) is 26.3 Å². The first-order valence-electron chi connectivity index (χ1n) is 12.0. The number of carbonyl (C=O) groups excluding carboxylic acids is 1. The van der Waals surface area contributed by atoms with Gasteiger partial charge in [0, 0.05) is 47.3 Å². The summed E-state index contributed by atoms with van der Waals surface area (Å²) in [4.78, 5) is 36.0. The molecule has 12 heteroatoms. The molecular formula is C25H28BrFN4O5S. The number of esters is 1. The Morgan fingerprint density at radius 3 is 2.89 bits per heavy atom. The number of rotatable bonds is 9. The number of nitrogens with one attached hydrogen (secondary N) is 1. The van der Waals surface area contributed by atoms with Crippen molar-refractivity contribution in [3.63, 3.8) is 0 Å². The minimum absolute atomic E-state index is 0.00303. The summed E-state index contributed by atoms with van der Waals surface area (Å²) in [7, 11) is 0. The molecular weight excluding hydrogens is 567 g/mol. The second kappa shape index (κ2) is 12.2. The molecule has 37 heavy (non-hydrogen) atoms. The van der Waals surface area contributed by atoms with Gasteiger partial charge >= 0.3 is 11.9 Å². The monoisotopic (exact) mass is 594 g/mol. The van der Waals surface area contributed by atoms with Crippen LogP contribution < -0.4 is 5.32 Å². The lowest BCUT2D eigenvalue weighted by Gasteiger charge is -2.41. The smallest absolute Gasteiger partial charge is 0.338 e. The van der Waals surface area contributed by atoms with Crippen LogP contribution in [-0.4, -0.2) is 71.2 Å². The average molecular weight is 595 g/mol. The largest absolute Gasteiger partial charge is 0.481 e. The Hall–Kier alpha value is -2.67. The maximum atomic E-state index is 13.9. The standard InChI is InChI=1S/C25H28BrFN4O5S/c1-3-35-25(34)21-18(13-31-9-10-36-14(2)19(31)6-7-20(32)33)29-23(24-28-8-11-37-24)30-22(21)16-5-4-15(27)12-17(16)26/h4-5,8,11-12,14,19,22H,3,6-7,9-10,13H2,1-2H3,(H,29,30)(H,32,33)/t14-,19-,22?/m0/s1. The molecule has 0 spiro atoms. The Kier molecular flexibility index (Phi) is 9.06. The molecule has 1 unspecified atom stereocenters. The van der Waals surface area contributed by atoms with Gasteiger partial charge in [-0.25, -0.2) is 14.2 Å². The van der Waals surface area contributed by atoms with Crippen LogP contribution >= 0.6 is 27.3 Å². The number of morpholine rings is 1. The summed E-state index contributed by atoms with van der Waals surface area (Å²) in [5, 5.41) is 15.0. The molecule has 2 aliphatic rings. The maximum absolute atomic E-state index is 13.9. The molecule has 4 rings (SSSR count). The topological polar surface area (TPSA) is 113 Å². The second-order valence-corrected chi connectivity index (χ2v) is 10.4. The summed E-state index contributed by atoms with van der Waals surface area (Å²) in [5.74, 6) is -1.34. The number of hydrogen-bond donors (Lipinski definition) is 2. The van der Waals surface area contributed by atoms with Crippen LogP contribution in [0.5, 0.6) is 0 Å². The summed E-state index contributed by atoms with van der Waals surface area (Å²) in [6.45, 7) is 5.18. The van der Waals surface area contributed by atoms with Gasteiger partial charge in [0.2, 0.25) is 0 Å². The van der Waals surface area contributed by atoms with Crippen LogP contribution in [0.2, 0.25) is 0 Å². The van der Waals surface area contributed by atoms with Gasteiger partial charge in [-0.15, -0.1) is 11.3 Å². The number of nitrogens with zero attached hydrogens (tertiary/aromatic N) is 3. The van der Waals surface area contributed by atoms with Crippen LogP contribution in [0.1, 0.15) is 43.3 Å². The Morgan fingerprint density at radius 2 is 2.22 bits per heavy atom. The van der Waals surface area contributed by atoms with Crippen molar-refractivity contribution in [1.82, 2.24) is 15.2 Å². The molecule has 0 aliphatic carbocycles. The van der Waals surface area contributed by atoms with Crippen molar-refractivity contribution >= 4 is 45.0 Å². The van der Waals surface area contributed by atoms with Crippen molar-refractivity contribution in [1.29, 1.82) is 0 Å². The first-order chi connectivity index (χ1) is 17.8. The minimum atomic E-state index is -0.876. The molecule has 1 aromatic heterocycles. The normalized spacial score (nSPS) is 22.4. The Balaban J connectivity index is 1.79. The first kappa shape index (κ1) is 27.4. The Morgan fingerprint density at radius 1 is 1.41 bits per heavy atom. The van der Waals surface area contributed by atoms with Crippen molar-refractivity contribution in [2.24, 2.45) is 4.99 Å². The number of aromatic nitrogens is 1. The summed E-state index contributed by atoms with van der Waals surface area (Å²) >= 11 is 4.84. The highest BCUT2D eigenvalue weighted by Crippen LogP contribution is 2.37. The van der Waals surface area contributed by atoms with E-state index in [2.05, 4.69) is 31.1 Å². The third-order valence-corrected chi connectivity index (χ3v) is 7.77. The van der Waals surface area contributed by atoms with Gasteiger partial charge in [-0.3, -0.25) is 14.7 Å². The molecule has 3 atom stereocenters. The molecule has 2 N–H and O–H groups in total. The lowest BCUT2D eigenvalue weighted by atomic mass is 9.94. The Bertz CT molecular complexity index is 1210. The lowest BCUT2D eigenvalue weighted by molar-refractivity contribution is -0.139. The van der Waals surface area contributed by atoms with E-state index in [9.17, 15) is 19.1 Å². The van der Waals surface area contributed by atoms with E-state index in [0.29, 0.717) is 58.3 Å². The fourth-order valence-corrected chi connectivity index (χ4v) is 5.74. The van der Waals surface area contributed by atoms with E-state index >= 15 is 0 Å². The van der Waals surface area contributed by atoms with E-state index in [4.69, 9.17) is 14.5 Å². The summed E-state index contributed by atoms with van der Waals surface area (Å²) in [6, 6.07) is 3.32. The van der Waals surface area contributed by atoms with Crippen LogP contribution in [0.25, 0.3) is 0 Å². The molecule has 3 heterocycles. The average Bonchev–Trinajstić information content (AvgIpc) is 3.38. The predicted octanol–water partition coefficient (Wildman–Crippen LogP) is 3.91.